The molecule has 1 aliphatic rings. The molecular formula is C16H25BrN2. The van der Waals surface area contributed by atoms with Gasteiger partial charge >= 0.3 is 0 Å². The molecule has 0 atom stereocenters. The molecule has 3 heteroatoms. The molecule has 0 aromatic heterocycles. The van der Waals surface area contributed by atoms with Crippen LogP contribution in [0.1, 0.15) is 37.3 Å². The van der Waals surface area contributed by atoms with Gasteiger partial charge in [0.1, 0.15) is 0 Å². The minimum absolute atomic E-state index is 0.931. The van der Waals surface area contributed by atoms with Crippen molar-refractivity contribution in [2.75, 3.05) is 20.1 Å². The van der Waals surface area contributed by atoms with Crippen molar-refractivity contribution in [3.05, 3.63) is 33.8 Å². The lowest BCUT2D eigenvalue weighted by Crippen LogP contribution is -2.33. The Labute approximate surface area is 125 Å². The lowest BCUT2D eigenvalue weighted by molar-refractivity contribution is 0.175. The molecule has 0 spiro atoms. The van der Waals surface area contributed by atoms with Gasteiger partial charge in [-0.1, -0.05) is 41.4 Å². The van der Waals surface area contributed by atoms with Gasteiger partial charge in [0, 0.05) is 17.6 Å². The van der Waals surface area contributed by atoms with Crippen molar-refractivity contribution in [1.82, 2.24) is 10.2 Å². The minimum Gasteiger partial charge on any atom is -0.316 e. The third-order valence-electron chi connectivity index (χ3n) is 4.18. The molecule has 0 amide bonds. The number of halogens is 1. The number of benzene rings is 1. The monoisotopic (exact) mass is 324 g/mol. The van der Waals surface area contributed by atoms with Gasteiger partial charge in [-0.15, -0.1) is 0 Å². The first kappa shape index (κ1) is 15.0. The van der Waals surface area contributed by atoms with E-state index >= 15 is 0 Å². The lowest BCUT2D eigenvalue weighted by atomic mass is 9.94. The number of hydrogen-bond acceptors (Lipinski definition) is 2. The van der Waals surface area contributed by atoms with Gasteiger partial charge in [-0.05, 0) is 56.1 Å². The molecule has 1 heterocycles. The van der Waals surface area contributed by atoms with Gasteiger partial charge in [-0.2, -0.15) is 0 Å². The van der Waals surface area contributed by atoms with Crippen molar-refractivity contribution < 1.29 is 0 Å². The molecule has 0 unspecified atom stereocenters. The quantitative estimate of drug-likeness (QED) is 0.886. The highest BCUT2D eigenvalue weighted by molar-refractivity contribution is 9.10. The van der Waals surface area contributed by atoms with Crippen LogP contribution in [-0.2, 0) is 13.1 Å². The van der Waals surface area contributed by atoms with Crippen LogP contribution >= 0.6 is 15.9 Å². The molecule has 1 saturated heterocycles. The number of nitrogens with one attached hydrogen (secondary N) is 1. The fraction of sp³-hybridized carbons (Fsp3) is 0.625. The Morgan fingerprint density at radius 1 is 1.32 bits per heavy atom. The highest BCUT2D eigenvalue weighted by Gasteiger charge is 2.18. The van der Waals surface area contributed by atoms with Gasteiger partial charge in [-0.3, -0.25) is 4.90 Å². The van der Waals surface area contributed by atoms with Crippen molar-refractivity contribution in [2.45, 2.75) is 39.3 Å². The average molecular weight is 325 g/mol. The highest BCUT2D eigenvalue weighted by atomic mass is 79.9. The van der Waals surface area contributed by atoms with Gasteiger partial charge in [0.05, 0.1) is 0 Å². The topological polar surface area (TPSA) is 15.3 Å². The summed E-state index contributed by atoms with van der Waals surface area (Å²) in [5, 5.41) is 3.19. The van der Waals surface area contributed by atoms with Gasteiger partial charge in [0.2, 0.25) is 0 Å². The van der Waals surface area contributed by atoms with E-state index in [2.05, 4.69) is 51.3 Å². The Bertz CT molecular complexity index is 398. The third-order valence-corrected chi connectivity index (χ3v) is 4.92. The summed E-state index contributed by atoms with van der Waals surface area (Å²) in [6, 6.07) is 6.74. The van der Waals surface area contributed by atoms with E-state index in [0.717, 1.165) is 19.0 Å². The number of nitrogens with zero attached hydrogens (tertiary/aromatic N) is 1. The summed E-state index contributed by atoms with van der Waals surface area (Å²) in [6.45, 7) is 6.83. The van der Waals surface area contributed by atoms with Crippen molar-refractivity contribution in [3.8, 4) is 0 Å². The predicted octanol–water partition coefficient (Wildman–Crippen LogP) is 3.79. The Balaban J connectivity index is 1.92. The molecule has 2 nitrogen and oxygen atoms in total. The molecule has 1 aromatic rings. The molecule has 19 heavy (non-hydrogen) atoms. The van der Waals surface area contributed by atoms with Crippen LogP contribution in [0.25, 0.3) is 0 Å². The van der Waals surface area contributed by atoms with Gasteiger partial charge in [0.15, 0.2) is 0 Å². The van der Waals surface area contributed by atoms with Crippen molar-refractivity contribution in [3.63, 3.8) is 0 Å². The predicted molar refractivity (Wildman–Crippen MR) is 85.2 cm³/mol. The van der Waals surface area contributed by atoms with Crippen LogP contribution in [0, 0.1) is 5.92 Å². The first-order valence-corrected chi connectivity index (χ1v) is 8.16. The number of piperidine rings is 1. The second-order valence-electron chi connectivity index (χ2n) is 5.58. The van der Waals surface area contributed by atoms with Crippen LogP contribution in [-0.4, -0.2) is 25.0 Å². The van der Waals surface area contributed by atoms with Gasteiger partial charge < -0.3 is 5.32 Å². The standard InChI is InChI=1S/C16H25BrN2/c1-3-13-6-8-19(9-7-13)12-15-5-4-14(11-18-2)10-16(15)17/h4-5,10,13,18H,3,6-9,11-12H2,1-2H3. The minimum atomic E-state index is 0.931. The van der Waals surface area contributed by atoms with Crippen molar-refractivity contribution >= 4 is 15.9 Å². The Kier molecular flexibility index (Phi) is 5.86. The van der Waals surface area contributed by atoms with Crippen molar-refractivity contribution in [1.29, 1.82) is 0 Å². The van der Waals surface area contributed by atoms with E-state index < -0.39 is 0 Å². The largest absolute Gasteiger partial charge is 0.316 e. The number of likely N-dealkylation sites (tertiary alicyclic amines) is 1. The van der Waals surface area contributed by atoms with Crippen LogP contribution < -0.4 is 5.32 Å². The maximum absolute atomic E-state index is 3.72. The number of hydrogen-bond donors (Lipinski definition) is 1. The molecule has 0 saturated carbocycles. The smallest absolute Gasteiger partial charge is 0.0244 e. The Morgan fingerprint density at radius 2 is 2.05 bits per heavy atom. The fourth-order valence-corrected chi connectivity index (χ4v) is 3.38. The Morgan fingerprint density at radius 3 is 2.63 bits per heavy atom. The van der Waals surface area contributed by atoms with Crippen LogP contribution in [0.15, 0.2) is 22.7 Å². The summed E-state index contributed by atoms with van der Waals surface area (Å²) in [6.07, 6.45) is 4.08. The Hall–Kier alpha value is -0.380. The fourth-order valence-electron chi connectivity index (χ4n) is 2.83. The summed E-state index contributed by atoms with van der Waals surface area (Å²) in [4.78, 5) is 2.59. The van der Waals surface area contributed by atoms with E-state index in [4.69, 9.17) is 0 Å². The zero-order valence-corrected chi connectivity index (χ0v) is 13.7. The second-order valence-corrected chi connectivity index (χ2v) is 6.44. The molecular weight excluding hydrogens is 300 g/mol. The summed E-state index contributed by atoms with van der Waals surface area (Å²) >= 11 is 3.72. The first-order valence-electron chi connectivity index (χ1n) is 7.37. The molecule has 106 valence electrons. The number of rotatable bonds is 5. The van der Waals surface area contributed by atoms with Crippen molar-refractivity contribution in [2.24, 2.45) is 5.92 Å². The summed E-state index contributed by atoms with van der Waals surface area (Å²) in [7, 11) is 1.99. The van der Waals surface area contributed by atoms with E-state index in [9.17, 15) is 0 Å². The van der Waals surface area contributed by atoms with Crippen LogP contribution in [0.4, 0.5) is 0 Å². The maximum atomic E-state index is 3.72. The zero-order valence-electron chi connectivity index (χ0n) is 12.1. The van der Waals surface area contributed by atoms with E-state index in [1.807, 2.05) is 7.05 Å². The molecule has 1 N–H and O–H groups in total. The van der Waals surface area contributed by atoms with Crippen LogP contribution in [0.2, 0.25) is 0 Å². The SMILES string of the molecule is CCC1CCN(Cc2ccc(CNC)cc2Br)CC1. The first-order chi connectivity index (χ1) is 9.22. The normalized spacial score (nSPS) is 17.8. The van der Waals surface area contributed by atoms with E-state index in [-0.39, 0.29) is 0 Å². The zero-order chi connectivity index (χ0) is 13.7. The van der Waals surface area contributed by atoms with E-state index in [0.29, 0.717) is 0 Å². The van der Waals surface area contributed by atoms with Crippen LogP contribution in [0.3, 0.4) is 0 Å². The maximum Gasteiger partial charge on any atom is 0.0244 e. The highest BCUT2D eigenvalue weighted by Crippen LogP contribution is 2.24. The molecule has 1 aliphatic heterocycles. The van der Waals surface area contributed by atoms with Gasteiger partial charge in [-0.25, -0.2) is 0 Å². The summed E-state index contributed by atoms with van der Waals surface area (Å²) in [5.41, 5.74) is 2.75. The third kappa shape index (κ3) is 4.30. The molecule has 0 aliphatic carbocycles. The van der Waals surface area contributed by atoms with E-state index in [1.165, 1.54) is 48.0 Å². The molecule has 1 aromatic carbocycles. The summed E-state index contributed by atoms with van der Waals surface area (Å²) < 4.78 is 1.25. The van der Waals surface area contributed by atoms with Gasteiger partial charge in [0.25, 0.3) is 0 Å². The average Bonchev–Trinajstić information content (AvgIpc) is 2.43. The molecule has 0 bridgehead atoms. The summed E-state index contributed by atoms with van der Waals surface area (Å²) in [5.74, 6) is 0.956. The van der Waals surface area contributed by atoms with E-state index in [1.54, 1.807) is 0 Å². The molecule has 0 radical (unpaired) electrons. The molecule has 1 fully saturated rings. The molecule has 2 rings (SSSR count). The second kappa shape index (κ2) is 7.41. The lowest BCUT2D eigenvalue weighted by Gasteiger charge is -2.31. The van der Waals surface area contributed by atoms with Crippen LogP contribution in [0.5, 0.6) is 0 Å².